The number of aryl methyl sites for hydroxylation is 1. The van der Waals surface area contributed by atoms with Crippen LogP contribution >= 0.6 is 11.3 Å². The Bertz CT molecular complexity index is 1060. The first kappa shape index (κ1) is 18.4. The Labute approximate surface area is 166 Å². The Morgan fingerprint density at radius 1 is 1.36 bits per heavy atom. The fourth-order valence-electron chi connectivity index (χ4n) is 3.37. The van der Waals surface area contributed by atoms with Crippen LogP contribution in [0.4, 0.5) is 10.9 Å². The van der Waals surface area contributed by atoms with E-state index >= 15 is 0 Å². The predicted octanol–water partition coefficient (Wildman–Crippen LogP) is 2.45. The van der Waals surface area contributed by atoms with Gasteiger partial charge in [-0.05, 0) is 31.4 Å². The molecule has 144 valence electrons. The zero-order valence-electron chi connectivity index (χ0n) is 15.6. The first-order valence-electron chi connectivity index (χ1n) is 9.43. The highest BCUT2D eigenvalue weighted by Crippen LogP contribution is 2.23. The van der Waals surface area contributed by atoms with Crippen LogP contribution in [0.2, 0.25) is 0 Å². The lowest BCUT2D eigenvalue weighted by Crippen LogP contribution is -2.39. The highest BCUT2D eigenvalue weighted by Gasteiger charge is 2.21. The highest BCUT2D eigenvalue weighted by molar-refractivity contribution is 7.20. The fraction of sp³-hybridized carbons (Fsp3) is 0.421. The van der Waals surface area contributed by atoms with Gasteiger partial charge >= 0.3 is 0 Å². The number of nitriles is 1. The summed E-state index contributed by atoms with van der Waals surface area (Å²) in [4.78, 5) is 24.0. The number of nitrogens with zero attached hydrogens (tertiary/aromatic N) is 6. The van der Waals surface area contributed by atoms with Crippen LogP contribution in [0.25, 0.3) is 4.96 Å². The smallest absolute Gasteiger partial charge is 0.275 e. The molecule has 3 aromatic rings. The number of anilines is 2. The van der Waals surface area contributed by atoms with Gasteiger partial charge in [0.1, 0.15) is 11.9 Å². The zero-order valence-corrected chi connectivity index (χ0v) is 16.4. The third-order valence-electron chi connectivity index (χ3n) is 4.83. The molecular weight excluding hydrogens is 374 g/mol. The van der Waals surface area contributed by atoms with Crippen LogP contribution in [-0.4, -0.2) is 38.7 Å². The lowest BCUT2D eigenvalue weighted by molar-refractivity contribution is 0.523. The highest BCUT2D eigenvalue weighted by atomic mass is 32.1. The predicted molar refractivity (Wildman–Crippen MR) is 109 cm³/mol. The van der Waals surface area contributed by atoms with E-state index in [-0.39, 0.29) is 5.56 Å². The number of pyridine rings is 1. The van der Waals surface area contributed by atoms with Crippen LogP contribution in [0, 0.1) is 11.3 Å². The van der Waals surface area contributed by atoms with E-state index in [1.807, 2.05) is 6.07 Å². The van der Waals surface area contributed by atoms with Gasteiger partial charge in [-0.2, -0.15) is 9.78 Å². The summed E-state index contributed by atoms with van der Waals surface area (Å²) in [6.45, 7) is 3.82. The molecule has 1 aliphatic rings. The van der Waals surface area contributed by atoms with Crippen molar-refractivity contribution in [1.82, 2.24) is 19.6 Å². The monoisotopic (exact) mass is 395 g/mol. The van der Waals surface area contributed by atoms with Crippen molar-refractivity contribution in [2.45, 2.75) is 38.6 Å². The summed E-state index contributed by atoms with van der Waals surface area (Å²) in [7, 11) is 0. The Morgan fingerprint density at radius 2 is 2.18 bits per heavy atom. The molecule has 1 aliphatic heterocycles. The SMILES string of the molecule is CCCc1cc(=O)n2nc(NC3CCN(c4ccc(C#N)cn4)CC3)sc2n1. The first-order chi connectivity index (χ1) is 13.7. The van der Waals surface area contributed by atoms with Crippen LogP contribution in [0.15, 0.2) is 29.2 Å². The molecule has 0 bridgehead atoms. The Balaban J connectivity index is 1.41. The number of piperidine rings is 1. The molecule has 4 heterocycles. The molecule has 0 radical (unpaired) electrons. The topological polar surface area (TPSA) is 99.2 Å². The lowest BCUT2D eigenvalue weighted by atomic mass is 10.1. The van der Waals surface area contributed by atoms with Crippen molar-refractivity contribution in [3.05, 3.63) is 46.0 Å². The normalized spacial score (nSPS) is 14.9. The van der Waals surface area contributed by atoms with Gasteiger partial charge in [0.05, 0.1) is 5.56 Å². The first-order valence-corrected chi connectivity index (χ1v) is 10.3. The van der Waals surface area contributed by atoms with E-state index in [0.29, 0.717) is 16.6 Å². The second kappa shape index (κ2) is 7.94. The number of aromatic nitrogens is 4. The summed E-state index contributed by atoms with van der Waals surface area (Å²) in [6.07, 6.45) is 5.26. The molecular formula is C19H21N7OS. The van der Waals surface area contributed by atoms with E-state index in [2.05, 4.69) is 38.3 Å². The molecule has 3 aromatic heterocycles. The molecule has 0 amide bonds. The third-order valence-corrected chi connectivity index (χ3v) is 5.67. The minimum Gasteiger partial charge on any atom is -0.357 e. The van der Waals surface area contributed by atoms with E-state index in [1.54, 1.807) is 18.3 Å². The van der Waals surface area contributed by atoms with Gasteiger partial charge in [-0.1, -0.05) is 24.7 Å². The largest absolute Gasteiger partial charge is 0.357 e. The summed E-state index contributed by atoms with van der Waals surface area (Å²) in [5.74, 6) is 0.900. The van der Waals surface area contributed by atoms with Crippen molar-refractivity contribution in [3.8, 4) is 6.07 Å². The fourth-order valence-corrected chi connectivity index (χ4v) is 4.27. The summed E-state index contributed by atoms with van der Waals surface area (Å²) >= 11 is 1.42. The molecule has 9 heteroatoms. The lowest BCUT2D eigenvalue weighted by Gasteiger charge is -2.33. The van der Waals surface area contributed by atoms with Gasteiger partial charge < -0.3 is 10.2 Å². The van der Waals surface area contributed by atoms with Crippen molar-refractivity contribution >= 4 is 27.2 Å². The zero-order chi connectivity index (χ0) is 19.5. The molecule has 28 heavy (non-hydrogen) atoms. The average molecular weight is 395 g/mol. The maximum Gasteiger partial charge on any atom is 0.275 e. The van der Waals surface area contributed by atoms with Gasteiger partial charge in [-0.15, -0.1) is 5.10 Å². The number of fused-ring (bicyclic) bond motifs is 1. The molecule has 8 nitrogen and oxygen atoms in total. The summed E-state index contributed by atoms with van der Waals surface area (Å²) in [5.41, 5.74) is 1.27. The number of hydrogen-bond acceptors (Lipinski definition) is 8. The third kappa shape index (κ3) is 3.82. The number of nitrogens with one attached hydrogen (secondary N) is 1. The van der Waals surface area contributed by atoms with E-state index in [0.717, 1.165) is 55.4 Å². The van der Waals surface area contributed by atoms with Crippen molar-refractivity contribution in [1.29, 1.82) is 5.26 Å². The van der Waals surface area contributed by atoms with Crippen LogP contribution < -0.4 is 15.8 Å². The Morgan fingerprint density at radius 3 is 2.86 bits per heavy atom. The van der Waals surface area contributed by atoms with E-state index in [4.69, 9.17) is 5.26 Å². The van der Waals surface area contributed by atoms with Crippen LogP contribution in [0.3, 0.4) is 0 Å². The van der Waals surface area contributed by atoms with E-state index in [1.165, 1.54) is 15.9 Å². The average Bonchev–Trinajstić information content (AvgIpc) is 3.12. The van der Waals surface area contributed by atoms with E-state index < -0.39 is 0 Å². The minimum absolute atomic E-state index is 0.126. The standard InChI is InChI=1S/C19H21N7OS/c1-2-3-15-10-17(27)26-19(23-15)28-18(24-26)22-14-6-8-25(9-7-14)16-5-4-13(11-20)12-21-16/h4-5,10,12,14H,2-3,6-9H2,1H3,(H,22,24). The van der Waals surface area contributed by atoms with Gasteiger partial charge in [0.15, 0.2) is 0 Å². The molecule has 1 N–H and O–H groups in total. The van der Waals surface area contributed by atoms with E-state index in [9.17, 15) is 4.79 Å². The van der Waals surface area contributed by atoms with Crippen molar-refractivity contribution < 1.29 is 0 Å². The van der Waals surface area contributed by atoms with Gasteiger partial charge in [0, 0.05) is 37.1 Å². The maximum atomic E-state index is 12.2. The molecule has 0 saturated carbocycles. The van der Waals surface area contributed by atoms with Crippen LogP contribution in [0.1, 0.15) is 37.4 Å². The Kier molecular flexibility index (Phi) is 5.21. The molecule has 0 aromatic carbocycles. The molecule has 1 fully saturated rings. The Hall–Kier alpha value is -2.99. The van der Waals surface area contributed by atoms with Gasteiger partial charge in [-0.25, -0.2) is 9.97 Å². The number of rotatable bonds is 5. The van der Waals surface area contributed by atoms with Crippen molar-refractivity contribution in [3.63, 3.8) is 0 Å². The van der Waals surface area contributed by atoms with Gasteiger partial charge in [0.25, 0.3) is 5.56 Å². The van der Waals surface area contributed by atoms with Crippen LogP contribution in [0.5, 0.6) is 0 Å². The minimum atomic E-state index is -0.126. The van der Waals surface area contributed by atoms with Crippen molar-refractivity contribution in [2.24, 2.45) is 0 Å². The molecule has 0 spiro atoms. The summed E-state index contributed by atoms with van der Waals surface area (Å²) < 4.78 is 1.38. The molecule has 0 aliphatic carbocycles. The number of hydrogen-bond donors (Lipinski definition) is 1. The summed E-state index contributed by atoms with van der Waals surface area (Å²) in [5, 5.41) is 17.5. The quantitative estimate of drug-likeness (QED) is 0.708. The van der Waals surface area contributed by atoms with Gasteiger partial charge in [0.2, 0.25) is 10.1 Å². The second-order valence-corrected chi connectivity index (χ2v) is 7.82. The van der Waals surface area contributed by atoms with Crippen LogP contribution in [-0.2, 0) is 6.42 Å². The maximum absolute atomic E-state index is 12.2. The summed E-state index contributed by atoms with van der Waals surface area (Å²) in [6, 6.07) is 7.65. The second-order valence-electron chi connectivity index (χ2n) is 6.86. The van der Waals surface area contributed by atoms with Gasteiger partial charge in [-0.3, -0.25) is 4.79 Å². The molecule has 0 atom stereocenters. The molecule has 4 rings (SSSR count). The molecule has 1 saturated heterocycles. The molecule has 0 unspecified atom stereocenters. The van der Waals surface area contributed by atoms with Crippen molar-refractivity contribution in [2.75, 3.05) is 23.3 Å².